The van der Waals surface area contributed by atoms with E-state index in [1.807, 2.05) is 13.0 Å². The van der Waals surface area contributed by atoms with Crippen LogP contribution in [0.15, 0.2) is 12.1 Å². The molecule has 0 amide bonds. The largest absolute Gasteiger partial charge is 0.496 e. The Morgan fingerprint density at radius 2 is 1.81 bits per heavy atom. The number of hydrogen-bond donors (Lipinski definition) is 0. The second-order valence-corrected chi connectivity index (χ2v) is 5.18. The van der Waals surface area contributed by atoms with Gasteiger partial charge in [-0.3, -0.25) is 4.79 Å². The number of benzene rings is 1. The number of carbonyl (C=O) groups is 1. The number of methoxy groups -OCH3 is 1. The van der Waals surface area contributed by atoms with Crippen LogP contribution in [0, 0.1) is 6.92 Å². The van der Waals surface area contributed by atoms with Crippen molar-refractivity contribution in [2.45, 2.75) is 40.0 Å². The van der Waals surface area contributed by atoms with Gasteiger partial charge >= 0.3 is 0 Å². The van der Waals surface area contributed by atoms with E-state index < -0.39 is 0 Å². The van der Waals surface area contributed by atoms with Gasteiger partial charge in [0.15, 0.2) is 5.78 Å². The predicted molar refractivity (Wildman–Crippen MR) is 66.4 cm³/mol. The highest BCUT2D eigenvalue weighted by Crippen LogP contribution is 2.31. The van der Waals surface area contributed by atoms with Gasteiger partial charge in [0, 0.05) is 0 Å². The molecule has 0 bridgehead atoms. The summed E-state index contributed by atoms with van der Waals surface area (Å²) >= 11 is 0. The molecule has 0 radical (unpaired) electrons. The van der Waals surface area contributed by atoms with Crippen LogP contribution in [-0.4, -0.2) is 12.9 Å². The SMILES string of the molecule is COc1c(C)cc(C(C)(C)C)cc1C(C)=O. The van der Waals surface area contributed by atoms with Crippen LogP contribution in [-0.2, 0) is 5.41 Å². The number of carbonyl (C=O) groups excluding carboxylic acids is 1. The van der Waals surface area contributed by atoms with Gasteiger partial charge in [-0.1, -0.05) is 26.8 Å². The minimum atomic E-state index is 0.0429. The average Bonchev–Trinajstić information content (AvgIpc) is 2.14. The Kier molecular flexibility index (Phi) is 3.41. The van der Waals surface area contributed by atoms with E-state index in [9.17, 15) is 4.79 Å². The molecule has 88 valence electrons. The molecule has 0 saturated heterocycles. The molecule has 0 unspecified atom stereocenters. The quantitative estimate of drug-likeness (QED) is 0.713. The summed E-state index contributed by atoms with van der Waals surface area (Å²) in [5.41, 5.74) is 2.89. The molecule has 0 fully saturated rings. The van der Waals surface area contributed by atoms with E-state index in [0.29, 0.717) is 11.3 Å². The average molecular weight is 220 g/mol. The standard InChI is InChI=1S/C14H20O2/c1-9-7-11(14(3,4)5)8-12(10(2)15)13(9)16-6/h7-8H,1-6H3. The third-order valence-electron chi connectivity index (χ3n) is 2.72. The van der Waals surface area contributed by atoms with Crippen molar-refractivity contribution in [1.29, 1.82) is 0 Å². The smallest absolute Gasteiger partial charge is 0.163 e. The molecule has 1 aromatic carbocycles. The van der Waals surface area contributed by atoms with Gasteiger partial charge in [0.1, 0.15) is 5.75 Å². The van der Waals surface area contributed by atoms with Crippen molar-refractivity contribution < 1.29 is 9.53 Å². The van der Waals surface area contributed by atoms with Gasteiger partial charge in [-0.2, -0.15) is 0 Å². The number of rotatable bonds is 2. The van der Waals surface area contributed by atoms with Gasteiger partial charge in [-0.05, 0) is 36.5 Å². The summed E-state index contributed by atoms with van der Waals surface area (Å²) in [6.07, 6.45) is 0. The molecule has 0 aliphatic rings. The highest BCUT2D eigenvalue weighted by molar-refractivity contribution is 5.97. The lowest BCUT2D eigenvalue weighted by Gasteiger charge is -2.22. The molecule has 16 heavy (non-hydrogen) atoms. The Balaban J connectivity index is 3.46. The van der Waals surface area contributed by atoms with Crippen molar-refractivity contribution in [3.63, 3.8) is 0 Å². The summed E-state index contributed by atoms with van der Waals surface area (Å²) in [4.78, 5) is 11.6. The molecule has 2 heteroatoms. The van der Waals surface area contributed by atoms with Crippen molar-refractivity contribution in [1.82, 2.24) is 0 Å². The fraction of sp³-hybridized carbons (Fsp3) is 0.500. The summed E-state index contributed by atoms with van der Waals surface area (Å²) in [5, 5.41) is 0. The van der Waals surface area contributed by atoms with Crippen LogP contribution < -0.4 is 4.74 Å². The number of ketones is 1. The molecule has 1 aromatic rings. The van der Waals surface area contributed by atoms with Crippen LogP contribution in [0.3, 0.4) is 0 Å². The van der Waals surface area contributed by atoms with Crippen molar-refractivity contribution in [3.05, 3.63) is 28.8 Å². The van der Waals surface area contributed by atoms with E-state index in [1.165, 1.54) is 0 Å². The Morgan fingerprint density at radius 1 is 1.25 bits per heavy atom. The van der Waals surface area contributed by atoms with Crippen LogP contribution >= 0.6 is 0 Å². The Morgan fingerprint density at radius 3 is 2.19 bits per heavy atom. The highest BCUT2D eigenvalue weighted by Gasteiger charge is 2.19. The lowest BCUT2D eigenvalue weighted by Crippen LogP contribution is -2.13. The fourth-order valence-electron chi connectivity index (χ4n) is 1.74. The summed E-state index contributed by atoms with van der Waals surface area (Å²) in [6.45, 7) is 9.96. The molecule has 0 aliphatic heterocycles. The van der Waals surface area contributed by atoms with Gasteiger partial charge < -0.3 is 4.74 Å². The zero-order chi connectivity index (χ0) is 12.5. The minimum Gasteiger partial charge on any atom is -0.496 e. The van der Waals surface area contributed by atoms with Crippen LogP contribution in [0.5, 0.6) is 5.75 Å². The number of Topliss-reactive ketones (excluding diaryl/α,β-unsaturated/α-hetero) is 1. The van der Waals surface area contributed by atoms with E-state index in [2.05, 4.69) is 26.8 Å². The van der Waals surface area contributed by atoms with E-state index in [-0.39, 0.29) is 11.2 Å². The zero-order valence-electron chi connectivity index (χ0n) is 11.0. The van der Waals surface area contributed by atoms with E-state index in [1.54, 1.807) is 14.0 Å². The maximum Gasteiger partial charge on any atom is 0.163 e. The molecule has 0 aromatic heterocycles. The number of hydrogen-bond acceptors (Lipinski definition) is 2. The van der Waals surface area contributed by atoms with Crippen LogP contribution in [0.2, 0.25) is 0 Å². The van der Waals surface area contributed by atoms with Gasteiger partial charge in [-0.15, -0.1) is 0 Å². The summed E-state index contributed by atoms with van der Waals surface area (Å²) < 4.78 is 5.28. The molecule has 0 atom stereocenters. The molecule has 1 rings (SSSR count). The second-order valence-electron chi connectivity index (χ2n) is 5.18. The van der Waals surface area contributed by atoms with Gasteiger partial charge in [-0.25, -0.2) is 0 Å². The third-order valence-corrected chi connectivity index (χ3v) is 2.72. The Bertz CT molecular complexity index is 411. The predicted octanol–water partition coefficient (Wildman–Crippen LogP) is 3.50. The molecular weight excluding hydrogens is 200 g/mol. The molecule has 0 spiro atoms. The first-order chi connectivity index (χ1) is 7.27. The van der Waals surface area contributed by atoms with E-state index in [4.69, 9.17) is 4.74 Å². The van der Waals surface area contributed by atoms with Crippen LogP contribution in [0.1, 0.15) is 49.2 Å². The minimum absolute atomic E-state index is 0.0429. The molecule has 2 nitrogen and oxygen atoms in total. The lowest BCUT2D eigenvalue weighted by molar-refractivity contribution is 0.101. The second kappa shape index (κ2) is 4.28. The monoisotopic (exact) mass is 220 g/mol. The Hall–Kier alpha value is -1.31. The molecular formula is C14H20O2. The van der Waals surface area contributed by atoms with Crippen molar-refractivity contribution in [3.8, 4) is 5.75 Å². The third kappa shape index (κ3) is 2.43. The first kappa shape index (κ1) is 12.8. The summed E-state index contributed by atoms with van der Waals surface area (Å²) in [6, 6.07) is 4.03. The first-order valence-electron chi connectivity index (χ1n) is 5.47. The molecule has 0 heterocycles. The first-order valence-corrected chi connectivity index (χ1v) is 5.47. The maximum absolute atomic E-state index is 11.6. The topological polar surface area (TPSA) is 26.3 Å². The van der Waals surface area contributed by atoms with Gasteiger partial charge in [0.05, 0.1) is 12.7 Å². The lowest BCUT2D eigenvalue weighted by atomic mass is 9.84. The van der Waals surface area contributed by atoms with Crippen molar-refractivity contribution in [2.24, 2.45) is 0 Å². The normalized spacial score (nSPS) is 11.4. The Labute approximate surface area is 97.6 Å². The molecule has 0 saturated carbocycles. The summed E-state index contributed by atoms with van der Waals surface area (Å²) in [7, 11) is 1.60. The molecule has 0 N–H and O–H groups in total. The highest BCUT2D eigenvalue weighted by atomic mass is 16.5. The number of aryl methyl sites for hydroxylation is 1. The fourth-order valence-corrected chi connectivity index (χ4v) is 1.74. The van der Waals surface area contributed by atoms with Gasteiger partial charge in [0.2, 0.25) is 0 Å². The van der Waals surface area contributed by atoms with E-state index in [0.717, 1.165) is 11.1 Å². The maximum atomic E-state index is 11.6. The summed E-state index contributed by atoms with van der Waals surface area (Å²) in [5.74, 6) is 0.742. The van der Waals surface area contributed by atoms with Crippen LogP contribution in [0.25, 0.3) is 0 Å². The zero-order valence-corrected chi connectivity index (χ0v) is 11.0. The molecule has 0 aliphatic carbocycles. The number of ether oxygens (including phenoxy) is 1. The van der Waals surface area contributed by atoms with Crippen molar-refractivity contribution in [2.75, 3.05) is 7.11 Å². The van der Waals surface area contributed by atoms with Crippen molar-refractivity contribution >= 4 is 5.78 Å². The van der Waals surface area contributed by atoms with Gasteiger partial charge in [0.25, 0.3) is 0 Å². The van der Waals surface area contributed by atoms with Crippen LogP contribution in [0.4, 0.5) is 0 Å². The van der Waals surface area contributed by atoms with E-state index >= 15 is 0 Å².